The Balaban J connectivity index is 2.74. The number of nitrogens with zero attached hydrogens (tertiary/aromatic N) is 1. The predicted molar refractivity (Wildman–Crippen MR) is 38.2 cm³/mol. The zero-order chi connectivity index (χ0) is 8.27. The number of amides is 1. The van der Waals surface area contributed by atoms with Gasteiger partial charge in [-0.15, -0.1) is 0 Å². The molecule has 1 radical (unpaired) electrons. The van der Waals surface area contributed by atoms with E-state index in [1.165, 1.54) is 12.3 Å². The van der Waals surface area contributed by atoms with Crippen molar-refractivity contribution >= 4 is 11.6 Å². The lowest BCUT2D eigenvalue weighted by Crippen LogP contribution is -2.06. The quantitative estimate of drug-likeness (QED) is 0.611. The van der Waals surface area contributed by atoms with E-state index in [-0.39, 0.29) is 0 Å². The minimum atomic E-state index is -0.577. The Bertz CT molecular complexity index is 258. The van der Waals surface area contributed by atoms with Crippen LogP contribution in [0.15, 0.2) is 18.3 Å². The van der Waals surface area contributed by atoms with E-state index in [1.807, 2.05) is 0 Å². The number of hydrogen-bond donors (Lipinski definition) is 1. The van der Waals surface area contributed by atoms with Gasteiger partial charge in [0.2, 0.25) is 11.9 Å². The summed E-state index contributed by atoms with van der Waals surface area (Å²) >= 11 is 0. The first-order valence-corrected chi connectivity index (χ1v) is 2.93. The fourth-order valence-electron chi connectivity index (χ4n) is 0.611. The van der Waals surface area contributed by atoms with Gasteiger partial charge in [-0.3, -0.25) is 4.79 Å². The Morgan fingerprint density at radius 3 is 2.82 bits per heavy atom. The molecule has 3 nitrogen and oxygen atoms in total. The second-order valence-electron chi connectivity index (χ2n) is 1.92. The number of nitrogens with one attached hydrogen (secondary N) is 1. The Hall–Kier alpha value is -1.45. The van der Waals surface area contributed by atoms with Crippen LogP contribution in [0.3, 0.4) is 0 Å². The van der Waals surface area contributed by atoms with Crippen LogP contribution in [0.25, 0.3) is 0 Å². The van der Waals surface area contributed by atoms with Crippen molar-refractivity contribution in [1.82, 2.24) is 4.98 Å². The topological polar surface area (TPSA) is 42.0 Å². The summed E-state index contributed by atoms with van der Waals surface area (Å²) in [6, 6.07) is 2.57. The van der Waals surface area contributed by atoms with Crippen molar-refractivity contribution in [1.29, 1.82) is 0 Å². The van der Waals surface area contributed by atoms with Crippen LogP contribution in [0, 0.1) is 12.9 Å². The number of hydrogen-bond acceptors (Lipinski definition) is 2. The van der Waals surface area contributed by atoms with Crippen molar-refractivity contribution in [2.75, 3.05) is 5.32 Å². The monoisotopic (exact) mass is 153 g/mol. The highest BCUT2D eigenvalue weighted by atomic mass is 19.1. The maximum absolute atomic E-state index is 12.2. The van der Waals surface area contributed by atoms with Crippen molar-refractivity contribution in [3.8, 4) is 0 Å². The number of rotatable bonds is 1. The van der Waals surface area contributed by atoms with E-state index in [2.05, 4.69) is 17.2 Å². The van der Waals surface area contributed by atoms with E-state index in [1.54, 1.807) is 0 Å². The standard InChI is InChI=1S/C7H6FN2O/c1-5(11)10-6-2-3-7(8)9-4-6/h2-4H,1H2,(H,10,11). The Morgan fingerprint density at radius 2 is 2.36 bits per heavy atom. The van der Waals surface area contributed by atoms with Gasteiger partial charge in [0.1, 0.15) is 0 Å². The first-order valence-electron chi connectivity index (χ1n) is 2.93. The molecule has 1 aromatic heterocycles. The molecule has 57 valence electrons. The molecule has 0 aliphatic heterocycles. The molecule has 0 saturated heterocycles. The zero-order valence-corrected chi connectivity index (χ0v) is 5.67. The molecule has 1 N–H and O–H groups in total. The van der Waals surface area contributed by atoms with Crippen molar-refractivity contribution < 1.29 is 9.18 Å². The summed E-state index contributed by atoms with van der Waals surface area (Å²) in [4.78, 5) is 13.7. The van der Waals surface area contributed by atoms with Crippen LogP contribution in [0.4, 0.5) is 10.1 Å². The van der Waals surface area contributed by atoms with Crippen LogP contribution in [0.2, 0.25) is 0 Å². The van der Waals surface area contributed by atoms with E-state index >= 15 is 0 Å². The predicted octanol–water partition coefficient (Wildman–Crippen LogP) is 0.993. The van der Waals surface area contributed by atoms with Gasteiger partial charge in [-0.05, 0) is 12.1 Å². The molecule has 1 rings (SSSR count). The van der Waals surface area contributed by atoms with Crippen LogP contribution in [0.5, 0.6) is 0 Å². The third kappa shape index (κ3) is 2.33. The lowest BCUT2D eigenvalue weighted by atomic mass is 10.4. The van der Waals surface area contributed by atoms with E-state index in [4.69, 9.17) is 0 Å². The number of halogens is 1. The third-order valence-electron chi connectivity index (χ3n) is 1.01. The minimum Gasteiger partial charge on any atom is -0.325 e. The number of carbonyl (C=O) groups is 1. The van der Waals surface area contributed by atoms with Crippen LogP contribution in [-0.4, -0.2) is 10.9 Å². The summed E-state index contributed by atoms with van der Waals surface area (Å²) in [5.74, 6) is -1.02. The molecule has 0 atom stereocenters. The zero-order valence-electron chi connectivity index (χ0n) is 5.67. The van der Waals surface area contributed by atoms with Crippen LogP contribution in [0.1, 0.15) is 0 Å². The van der Waals surface area contributed by atoms with Gasteiger partial charge in [0, 0.05) is 6.92 Å². The van der Waals surface area contributed by atoms with Crippen molar-refractivity contribution in [2.24, 2.45) is 0 Å². The van der Waals surface area contributed by atoms with Crippen LogP contribution < -0.4 is 5.32 Å². The van der Waals surface area contributed by atoms with Crippen LogP contribution >= 0.6 is 0 Å². The van der Waals surface area contributed by atoms with Gasteiger partial charge in [-0.25, -0.2) is 4.98 Å². The SMILES string of the molecule is [CH2]C(=O)Nc1ccc(F)nc1. The van der Waals surface area contributed by atoms with Crippen molar-refractivity contribution in [3.63, 3.8) is 0 Å². The fourth-order valence-corrected chi connectivity index (χ4v) is 0.611. The minimum absolute atomic E-state index is 0.436. The summed E-state index contributed by atoms with van der Waals surface area (Å²) in [7, 11) is 0. The molecule has 1 aromatic rings. The maximum Gasteiger partial charge on any atom is 0.224 e. The van der Waals surface area contributed by atoms with E-state index in [0.29, 0.717) is 5.69 Å². The lowest BCUT2D eigenvalue weighted by molar-refractivity contribution is -0.112. The summed E-state index contributed by atoms with van der Waals surface area (Å²) < 4.78 is 12.2. The average molecular weight is 153 g/mol. The first kappa shape index (κ1) is 7.65. The Morgan fingerprint density at radius 1 is 1.64 bits per heavy atom. The molecule has 11 heavy (non-hydrogen) atoms. The molecular weight excluding hydrogens is 147 g/mol. The molecule has 0 saturated carbocycles. The molecule has 0 aliphatic carbocycles. The number of carbonyl (C=O) groups excluding carboxylic acids is 1. The van der Waals surface area contributed by atoms with Gasteiger partial charge in [0.15, 0.2) is 0 Å². The second-order valence-corrected chi connectivity index (χ2v) is 1.92. The van der Waals surface area contributed by atoms with Gasteiger partial charge in [-0.1, -0.05) is 0 Å². The number of aromatic nitrogens is 1. The largest absolute Gasteiger partial charge is 0.325 e. The molecule has 1 heterocycles. The summed E-state index contributed by atoms with van der Waals surface area (Å²) in [6.07, 6.45) is 1.22. The van der Waals surface area contributed by atoms with E-state index in [0.717, 1.165) is 6.07 Å². The Labute approximate surface area is 63.3 Å². The summed E-state index contributed by atoms with van der Waals surface area (Å²) in [5.41, 5.74) is 0.436. The first-order chi connectivity index (χ1) is 5.18. The molecule has 0 aromatic carbocycles. The highest BCUT2D eigenvalue weighted by Crippen LogP contribution is 2.03. The van der Waals surface area contributed by atoms with Gasteiger partial charge in [-0.2, -0.15) is 4.39 Å². The molecule has 0 unspecified atom stereocenters. The van der Waals surface area contributed by atoms with Gasteiger partial charge in [0.25, 0.3) is 0 Å². The van der Waals surface area contributed by atoms with Crippen molar-refractivity contribution in [3.05, 3.63) is 31.2 Å². The summed E-state index contributed by atoms with van der Waals surface area (Å²) in [5, 5.41) is 2.35. The maximum atomic E-state index is 12.2. The highest BCUT2D eigenvalue weighted by molar-refractivity contribution is 5.93. The third-order valence-corrected chi connectivity index (χ3v) is 1.01. The average Bonchev–Trinajstić information content (AvgIpc) is 1.93. The Kier molecular flexibility index (Phi) is 2.15. The van der Waals surface area contributed by atoms with Gasteiger partial charge < -0.3 is 5.32 Å². The normalized spacial score (nSPS) is 9.27. The lowest BCUT2D eigenvalue weighted by Gasteiger charge is -1.98. The molecule has 0 aliphatic rings. The van der Waals surface area contributed by atoms with Gasteiger partial charge in [0.05, 0.1) is 11.9 Å². The summed E-state index contributed by atoms with van der Waals surface area (Å²) in [6.45, 7) is 3.08. The molecule has 1 amide bonds. The highest BCUT2D eigenvalue weighted by Gasteiger charge is 1.95. The van der Waals surface area contributed by atoms with Crippen LogP contribution in [-0.2, 0) is 4.79 Å². The molecule has 0 bridgehead atoms. The molecular formula is C7H6FN2O. The second kappa shape index (κ2) is 3.09. The number of anilines is 1. The van der Waals surface area contributed by atoms with E-state index < -0.39 is 11.9 Å². The number of pyridine rings is 1. The smallest absolute Gasteiger partial charge is 0.224 e. The van der Waals surface area contributed by atoms with E-state index in [9.17, 15) is 9.18 Å². The molecule has 4 heteroatoms. The fraction of sp³-hybridized carbons (Fsp3) is 0. The molecule has 0 spiro atoms. The van der Waals surface area contributed by atoms with Gasteiger partial charge >= 0.3 is 0 Å². The molecule has 0 fully saturated rings. The van der Waals surface area contributed by atoms with Crippen molar-refractivity contribution in [2.45, 2.75) is 0 Å².